The molecule has 2 saturated heterocycles. The van der Waals surface area contributed by atoms with Crippen LogP contribution >= 0.6 is 0 Å². The lowest BCUT2D eigenvalue weighted by atomic mass is 10.1. The third kappa shape index (κ3) is 2.35. The monoisotopic (exact) mass is 287 g/mol. The number of furan rings is 1. The third-order valence-electron chi connectivity index (χ3n) is 4.30. The van der Waals surface area contributed by atoms with Gasteiger partial charge in [0, 0.05) is 31.2 Å². The van der Waals surface area contributed by atoms with Crippen molar-refractivity contribution in [2.24, 2.45) is 0 Å². The molecule has 2 atom stereocenters. The van der Waals surface area contributed by atoms with Gasteiger partial charge in [0.1, 0.15) is 0 Å². The van der Waals surface area contributed by atoms with E-state index in [2.05, 4.69) is 10.5 Å². The third-order valence-corrected chi connectivity index (χ3v) is 4.30. The van der Waals surface area contributed by atoms with Crippen LogP contribution in [0.3, 0.4) is 0 Å². The van der Waals surface area contributed by atoms with E-state index in [1.165, 1.54) is 6.42 Å². The Hall–Kier alpha value is -2.08. The van der Waals surface area contributed by atoms with E-state index in [1.54, 1.807) is 24.5 Å². The molecule has 6 nitrogen and oxygen atoms in total. The summed E-state index contributed by atoms with van der Waals surface area (Å²) in [6.45, 7) is 1.52. The van der Waals surface area contributed by atoms with Crippen LogP contribution in [0.4, 0.5) is 0 Å². The van der Waals surface area contributed by atoms with Crippen LogP contribution in [0.1, 0.15) is 29.8 Å². The highest BCUT2D eigenvalue weighted by Gasteiger charge is 2.32. The van der Waals surface area contributed by atoms with Crippen molar-refractivity contribution < 1.29 is 13.7 Å². The van der Waals surface area contributed by atoms with Crippen molar-refractivity contribution in [2.45, 2.75) is 31.3 Å². The largest absolute Gasteiger partial charge is 0.461 e. The second-order valence-corrected chi connectivity index (χ2v) is 5.73. The number of carbonyl (C=O) groups excluding carboxylic acids is 1. The van der Waals surface area contributed by atoms with Gasteiger partial charge in [0.05, 0.1) is 6.26 Å². The van der Waals surface area contributed by atoms with Crippen molar-refractivity contribution in [1.29, 1.82) is 0 Å². The quantitative estimate of drug-likeness (QED) is 0.913. The molecule has 0 saturated carbocycles. The number of nitrogens with zero attached hydrogens (tertiary/aromatic N) is 2. The molecule has 4 rings (SSSR count). The van der Waals surface area contributed by atoms with Crippen LogP contribution in [0.2, 0.25) is 0 Å². The van der Waals surface area contributed by atoms with Crippen LogP contribution < -0.4 is 5.32 Å². The lowest BCUT2D eigenvalue weighted by Crippen LogP contribution is -2.39. The van der Waals surface area contributed by atoms with Gasteiger partial charge < -0.3 is 19.2 Å². The fourth-order valence-corrected chi connectivity index (χ4v) is 3.20. The van der Waals surface area contributed by atoms with Gasteiger partial charge in [-0.3, -0.25) is 4.79 Å². The van der Waals surface area contributed by atoms with Crippen LogP contribution in [0.5, 0.6) is 0 Å². The smallest absolute Gasteiger partial charge is 0.276 e. The van der Waals surface area contributed by atoms with Gasteiger partial charge in [0.2, 0.25) is 5.76 Å². The molecule has 21 heavy (non-hydrogen) atoms. The van der Waals surface area contributed by atoms with E-state index < -0.39 is 0 Å². The average Bonchev–Trinajstić information content (AvgIpc) is 3.17. The molecule has 2 aliphatic heterocycles. The minimum atomic E-state index is -0.0640. The topological polar surface area (TPSA) is 71.5 Å². The highest BCUT2D eigenvalue weighted by atomic mass is 16.5. The minimum absolute atomic E-state index is 0.0640. The van der Waals surface area contributed by atoms with Crippen LogP contribution in [-0.4, -0.2) is 41.1 Å². The maximum absolute atomic E-state index is 12.6. The van der Waals surface area contributed by atoms with Gasteiger partial charge in [0.15, 0.2) is 11.5 Å². The Morgan fingerprint density at radius 1 is 1.29 bits per heavy atom. The molecule has 0 aromatic carbocycles. The van der Waals surface area contributed by atoms with Gasteiger partial charge in [-0.2, -0.15) is 0 Å². The number of hydrogen-bond acceptors (Lipinski definition) is 5. The van der Waals surface area contributed by atoms with Gasteiger partial charge in [-0.15, -0.1) is 0 Å². The van der Waals surface area contributed by atoms with E-state index >= 15 is 0 Å². The summed E-state index contributed by atoms with van der Waals surface area (Å²) in [5.74, 6) is 1.00. The Morgan fingerprint density at radius 3 is 3.05 bits per heavy atom. The summed E-state index contributed by atoms with van der Waals surface area (Å²) in [4.78, 5) is 14.4. The van der Waals surface area contributed by atoms with Crippen LogP contribution in [0, 0.1) is 0 Å². The number of likely N-dealkylation sites (tertiary alicyclic amines) is 1. The predicted molar refractivity (Wildman–Crippen MR) is 74.7 cm³/mol. The van der Waals surface area contributed by atoms with Crippen molar-refractivity contribution >= 4 is 5.91 Å². The van der Waals surface area contributed by atoms with E-state index in [0.717, 1.165) is 25.9 Å². The van der Waals surface area contributed by atoms with Gasteiger partial charge in [-0.1, -0.05) is 5.16 Å². The van der Waals surface area contributed by atoms with Crippen LogP contribution in [0.25, 0.3) is 11.5 Å². The average molecular weight is 287 g/mol. The molecule has 2 unspecified atom stereocenters. The number of nitrogens with one attached hydrogen (secondary N) is 1. The molecule has 0 aliphatic carbocycles. The molecule has 2 aromatic heterocycles. The highest BCUT2D eigenvalue weighted by molar-refractivity contribution is 5.93. The Morgan fingerprint density at radius 2 is 2.19 bits per heavy atom. The molecule has 2 aliphatic rings. The molecule has 1 N–H and O–H groups in total. The summed E-state index contributed by atoms with van der Waals surface area (Å²) >= 11 is 0. The van der Waals surface area contributed by atoms with Crippen molar-refractivity contribution in [3.8, 4) is 11.5 Å². The Labute approximate surface area is 122 Å². The SMILES string of the molecule is O=C(c1cc(-c2ccco2)on1)N1CCC2CCC(C1)N2. The Balaban J connectivity index is 1.52. The number of amides is 1. The van der Waals surface area contributed by atoms with E-state index in [4.69, 9.17) is 8.94 Å². The summed E-state index contributed by atoms with van der Waals surface area (Å²) in [7, 11) is 0. The van der Waals surface area contributed by atoms with Crippen molar-refractivity contribution in [3.63, 3.8) is 0 Å². The predicted octanol–water partition coefficient (Wildman–Crippen LogP) is 1.90. The van der Waals surface area contributed by atoms with Gasteiger partial charge in [-0.05, 0) is 31.4 Å². The van der Waals surface area contributed by atoms with Gasteiger partial charge in [0.25, 0.3) is 5.91 Å². The highest BCUT2D eigenvalue weighted by Crippen LogP contribution is 2.24. The molecule has 1 amide bonds. The summed E-state index contributed by atoms with van der Waals surface area (Å²) in [5, 5.41) is 7.46. The van der Waals surface area contributed by atoms with Gasteiger partial charge >= 0.3 is 0 Å². The first-order chi connectivity index (χ1) is 10.3. The molecule has 0 radical (unpaired) electrons. The molecule has 110 valence electrons. The number of aromatic nitrogens is 1. The van der Waals surface area contributed by atoms with E-state index in [1.807, 2.05) is 4.90 Å². The fourth-order valence-electron chi connectivity index (χ4n) is 3.20. The van der Waals surface area contributed by atoms with Crippen LogP contribution in [0.15, 0.2) is 33.4 Å². The number of hydrogen-bond donors (Lipinski definition) is 1. The first-order valence-corrected chi connectivity index (χ1v) is 7.35. The lowest BCUT2D eigenvalue weighted by molar-refractivity contribution is 0.0738. The van der Waals surface area contributed by atoms with Gasteiger partial charge in [-0.25, -0.2) is 0 Å². The molecule has 0 spiro atoms. The summed E-state index contributed by atoms with van der Waals surface area (Å²) in [6.07, 6.45) is 4.94. The standard InChI is InChI=1S/C15H17N3O3/c19-15(18-6-5-10-3-4-11(9-18)16-10)12-8-14(21-17-12)13-2-1-7-20-13/h1-2,7-8,10-11,16H,3-6,9H2. The Bertz CT molecular complexity index is 634. The maximum Gasteiger partial charge on any atom is 0.276 e. The minimum Gasteiger partial charge on any atom is -0.461 e. The molecular weight excluding hydrogens is 270 g/mol. The molecule has 2 aromatic rings. The van der Waals surface area contributed by atoms with Crippen molar-refractivity contribution in [2.75, 3.05) is 13.1 Å². The molecule has 2 fully saturated rings. The normalized spacial score (nSPS) is 25.0. The van der Waals surface area contributed by atoms with Crippen molar-refractivity contribution in [1.82, 2.24) is 15.4 Å². The first kappa shape index (κ1) is 12.6. The molecule has 6 heteroatoms. The van der Waals surface area contributed by atoms with E-state index in [0.29, 0.717) is 29.3 Å². The van der Waals surface area contributed by atoms with Crippen molar-refractivity contribution in [3.05, 3.63) is 30.2 Å². The molecule has 4 heterocycles. The summed E-state index contributed by atoms with van der Waals surface area (Å²) in [5.41, 5.74) is 0.346. The maximum atomic E-state index is 12.6. The molecule has 2 bridgehead atoms. The number of rotatable bonds is 2. The second kappa shape index (κ2) is 5.04. The zero-order chi connectivity index (χ0) is 14.2. The van der Waals surface area contributed by atoms with Crippen LogP contribution in [-0.2, 0) is 0 Å². The first-order valence-electron chi connectivity index (χ1n) is 7.35. The summed E-state index contributed by atoms with van der Waals surface area (Å²) < 4.78 is 10.5. The fraction of sp³-hybridized carbons (Fsp3) is 0.467. The summed E-state index contributed by atoms with van der Waals surface area (Å²) in [6, 6.07) is 6.18. The Kier molecular flexibility index (Phi) is 3.03. The van der Waals surface area contributed by atoms with E-state index in [-0.39, 0.29) is 5.91 Å². The van der Waals surface area contributed by atoms with E-state index in [9.17, 15) is 4.79 Å². The number of fused-ring (bicyclic) bond motifs is 2. The number of carbonyl (C=O) groups is 1. The zero-order valence-corrected chi connectivity index (χ0v) is 11.6. The zero-order valence-electron chi connectivity index (χ0n) is 11.6. The second-order valence-electron chi connectivity index (χ2n) is 5.73. The molecular formula is C15H17N3O3. The lowest BCUT2D eigenvalue weighted by Gasteiger charge is -2.23.